The minimum Gasteiger partial charge on any atom is -0.467 e. The molecule has 1 aromatic heterocycles. The first-order chi connectivity index (χ1) is 11.8. The summed E-state index contributed by atoms with van der Waals surface area (Å²) < 4.78 is 47.5. The van der Waals surface area contributed by atoms with Crippen LogP contribution in [0.25, 0.3) is 0 Å². The molecular weight excluding hydrogens is 424 g/mol. The number of hydrogen-bond donors (Lipinski definition) is 1. The number of nitrogens with zero attached hydrogens (tertiary/aromatic N) is 1. The van der Waals surface area contributed by atoms with Gasteiger partial charge >= 0.3 is 12.1 Å². The molecule has 1 amide bonds. The summed E-state index contributed by atoms with van der Waals surface area (Å²) in [6, 6.07) is 0.612. The molecule has 0 fully saturated rings. The van der Waals surface area contributed by atoms with Crippen LogP contribution in [0.2, 0.25) is 5.02 Å². The van der Waals surface area contributed by atoms with Gasteiger partial charge in [-0.3, -0.25) is 4.79 Å². The molecule has 12 heteroatoms. The van der Waals surface area contributed by atoms with E-state index in [9.17, 15) is 22.8 Å². The molecule has 0 bridgehead atoms. The van der Waals surface area contributed by atoms with Crippen LogP contribution in [0.1, 0.15) is 19.4 Å². The van der Waals surface area contributed by atoms with Gasteiger partial charge in [0.1, 0.15) is 9.86 Å². The number of halogens is 6. The normalized spacial score (nSPS) is 15.2. The second-order valence-corrected chi connectivity index (χ2v) is 6.76. The van der Waals surface area contributed by atoms with Crippen molar-refractivity contribution in [3.8, 4) is 5.88 Å². The van der Waals surface area contributed by atoms with E-state index in [1.165, 1.54) is 13.8 Å². The van der Waals surface area contributed by atoms with Crippen molar-refractivity contribution >= 4 is 46.7 Å². The predicted octanol–water partition coefficient (Wildman–Crippen LogP) is 3.37. The maximum Gasteiger partial charge on any atom is 0.417 e. The highest BCUT2D eigenvalue weighted by Crippen LogP contribution is 2.33. The zero-order chi connectivity index (χ0) is 20.3. The number of ether oxygens (including phenoxy) is 2. The second-order valence-electron chi connectivity index (χ2n) is 5.25. The number of pyridine rings is 1. The molecule has 6 nitrogen and oxygen atoms in total. The Morgan fingerprint density at radius 1 is 1.31 bits per heavy atom. The molecule has 1 heterocycles. The SMILES string of the molecule is COC(=O)C(C)(NC(=O)C(C)Oc1ncc(C(F)(F)F)cc1Cl)C(Cl)Cl. The maximum atomic E-state index is 12.6. The lowest BCUT2D eigenvalue weighted by Gasteiger charge is -2.30. The van der Waals surface area contributed by atoms with E-state index in [2.05, 4.69) is 15.0 Å². The standard InChI is InChI=1S/C14H14Cl3F3N2O4/c1-6(9(23)22-13(2,11(16)17)12(24)25-3)26-10-8(15)4-7(5-21-10)14(18,19)20/h4-6,11H,1-3H3,(H,22,23). The van der Waals surface area contributed by atoms with Crippen LogP contribution in [0.3, 0.4) is 0 Å². The number of carbonyl (C=O) groups excluding carboxylic acids is 2. The van der Waals surface area contributed by atoms with Crippen molar-refractivity contribution in [1.82, 2.24) is 10.3 Å². The summed E-state index contributed by atoms with van der Waals surface area (Å²) >= 11 is 17.1. The third-order valence-corrected chi connectivity index (χ3v) is 4.36. The number of methoxy groups -OCH3 is 1. The number of carbonyl (C=O) groups is 2. The molecule has 0 aliphatic carbocycles. The van der Waals surface area contributed by atoms with Crippen LogP contribution in [-0.2, 0) is 20.5 Å². The first kappa shape index (κ1) is 22.6. The zero-order valence-electron chi connectivity index (χ0n) is 13.7. The highest BCUT2D eigenvalue weighted by atomic mass is 35.5. The van der Waals surface area contributed by atoms with Crippen LogP contribution in [-0.4, -0.2) is 40.4 Å². The molecule has 1 aromatic rings. The monoisotopic (exact) mass is 436 g/mol. The van der Waals surface area contributed by atoms with Crippen LogP contribution < -0.4 is 10.1 Å². The average Bonchev–Trinajstić information content (AvgIpc) is 2.54. The van der Waals surface area contributed by atoms with Crippen molar-refractivity contribution in [3.63, 3.8) is 0 Å². The predicted molar refractivity (Wildman–Crippen MR) is 88.4 cm³/mol. The molecule has 0 aliphatic heterocycles. The summed E-state index contributed by atoms with van der Waals surface area (Å²) in [4.78, 5) is 26.1. The minimum atomic E-state index is -4.63. The van der Waals surface area contributed by atoms with Gasteiger partial charge in [0.05, 0.1) is 12.7 Å². The third-order valence-electron chi connectivity index (χ3n) is 3.22. The number of aromatic nitrogens is 1. The fraction of sp³-hybridized carbons (Fsp3) is 0.500. The number of nitrogens with one attached hydrogen (secondary N) is 1. The Bertz CT molecular complexity index is 688. The molecule has 0 spiro atoms. The second kappa shape index (κ2) is 8.49. The molecule has 0 saturated carbocycles. The Hall–Kier alpha value is -1.45. The Morgan fingerprint density at radius 2 is 1.88 bits per heavy atom. The van der Waals surface area contributed by atoms with E-state index in [0.29, 0.717) is 12.3 Å². The molecule has 0 aromatic carbocycles. The van der Waals surface area contributed by atoms with Gasteiger partial charge in [0.15, 0.2) is 11.6 Å². The summed E-state index contributed by atoms with van der Waals surface area (Å²) in [5.41, 5.74) is -2.85. The summed E-state index contributed by atoms with van der Waals surface area (Å²) in [6.45, 7) is 2.50. The van der Waals surface area contributed by atoms with E-state index >= 15 is 0 Å². The van der Waals surface area contributed by atoms with Crippen molar-refractivity contribution in [1.29, 1.82) is 0 Å². The number of amides is 1. The van der Waals surface area contributed by atoms with E-state index in [1.54, 1.807) is 0 Å². The summed E-state index contributed by atoms with van der Waals surface area (Å²) in [5, 5.41) is 1.82. The summed E-state index contributed by atoms with van der Waals surface area (Å²) in [5.74, 6) is -2.14. The topological polar surface area (TPSA) is 77.5 Å². The zero-order valence-corrected chi connectivity index (χ0v) is 15.9. The van der Waals surface area contributed by atoms with Crippen molar-refractivity contribution in [3.05, 3.63) is 22.8 Å². The molecule has 0 aliphatic rings. The van der Waals surface area contributed by atoms with E-state index in [4.69, 9.17) is 39.5 Å². The van der Waals surface area contributed by atoms with Gasteiger partial charge < -0.3 is 14.8 Å². The van der Waals surface area contributed by atoms with Gasteiger partial charge in [0.2, 0.25) is 5.88 Å². The van der Waals surface area contributed by atoms with Crippen LogP contribution in [0.5, 0.6) is 5.88 Å². The molecular formula is C14H14Cl3F3N2O4. The molecule has 26 heavy (non-hydrogen) atoms. The van der Waals surface area contributed by atoms with Crippen LogP contribution in [0, 0.1) is 0 Å². The lowest BCUT2D eigenvalue weighted by molar-refractivity contribution is -0.150. The van der Waals surface area contributed by atoms with Gasteiger partial charge in [-0.05, 0) is 19.9 Å². The number of esters is 1. The van der Waals surface area contributed by atoms with Gasteiger partial charge in [-0.15, -0.1) is 23.2 Å². The molecule has 0 radical (unpaired) electrons. The van der Waals surface area contributed by atoms with Crippen molar-refractivity contribution in [2.24, 2.45) is 0 Å². The van der Waals surface area contributed by atoms with Crippen LogP contribution in [0.15, 0.2) is 12.3 Å². The Balaban J connectivity index is 2.92. The molecule has 0 saturated heterocycles. The van der Waals surface area contributed by atoms with E-state index in [1.807, 2.05) is 0 Å². The minimum absolute atomic E-state index is 0.393. The fourth-order valence-electron chi connectivity index (χ4n) is 1.65. The maximum absolute atomic E-state index is 12.6. The van der Waals surface area contributed by atoms with Crippen LogP contribution in [0.4, 0.5) is 13.2 Å². The Morgan fingerprint density at radius 3 is 2.31 bits per heavy atom. The van der Waals surface area contributed by atoms with Gasteiger partial charge in [0, 0.05) is 6.20 Å². The number of rotatable bonds is 6. The first-order valence-electron chi connectivity index (χ1n) is 6.91. The average molecular weight is 438 g/mol. The highest BCUT2D eigenvalue weighted by Gasteiger charge is 2.43. The Kier molecular flexibility index (Phi) is 7.38. The van der Waals surface area contributed by atoms with Gasteiger partial charge in [-0.25, -0.2) is 9.78 Å². The van der Waals surface area contributed by atoms with Crippen molar-refractivity contribution < 1.29 is 32.2 Å². The fourth-order valence-corrected chi connectivity index (χ4v) is 2.15. The van der Waals surface area contributed by atoms with E-state index in [0.717, 1.165) is 7.11 Å². The molecule has 1 N–H and O–H groups in total. The number of hydrogen-bond acceptors (Lipinski definition) is 5. The van der Waals surface area contributed by atoms with Gasteiger partial charge in [-0.1, -0.05) is 11.6 Å². The summed E-state index contributed by atoms with van der Waals surface area (Å²) in [7, 11) is 1.08. The third kappa shape index (κ3) is 5.28. The lowest BCUT2D eigenvalue weighted by atomic mass is 10.1. The Labute approximate surface area is 161 Å². The highest BCUT2D eigenvalue weighted by molar-refractivity contribution is 6.46. The smallest absolute Gasteiger partial charge is 0.417 e. The first-order valence-corrected chi connectivity index (χ1v) is 8.16. The van der Waals surface area contributed by atoms with E-state index in [-0.39, 0.29) is 0 Å². The lowest BCUT2D eigenvalue weighted by Crippen LogP contribution is -2.59. The number of alkyl halides is 5. The molecule has 1 rings (SSSR count). The molecule has 2 atom stereocenters. The quantitative estimate of drug-likeness (QED) is 0.545. The summed E-state index contributed by atoms with van der Waals surface area (Å²) in [6.07, 6.45) is -5.40. The van der Waals surface area contributed by atoms with E-state index < -0.39 is 51.0 Å². The van der Waals surface area contributed by atoms with Crippen molar-refractivity contribution in [2.45, 2.75) is 36.5 Å². The molecule has 2 unspecified atom stereocenters. The van der Waals surface area contributed by atoms with Crippen molar-refractivity contribution in [2.75, 3.05) is 7.11 Å². The largest absolute Gasteiger partial charge is 0.467 e. The van der Waals surface area contributed by atoms with Gasteiger partial charge in [-0.2, -0.15) is 13.2 Å². The van der Waals surface area contributed by atoms with Crippen LogP contribution >= 0.6 is 34.8 Å². The van der Waals surface area contributed by atoms with Gasteiger partial charge in [0.25, 0.3) is 5.91 Å². The molecule has 146 valence electrons.